The number of aliphatic hydroxyl groups is 1. The second-order valence-electron chi connectivity index (χ2n) is 5.63. The van der Waals surface area contributed by atoms with Gasteiger partial charge in [0, 0.05) is 0 Å². The molecule has 0 aliphatic heterocycles. The number of fused-ring (bicyclic) bond motifs is 1. The van der Waals surface area contributed by atoms with Gasteiger partial charge in [-0.1, -0.05) is 12.1 Å². The third-order valence-electron chi connectivity index (χ3n) is 4.10. The maximum atomic E-state index is 13.3. The first-order chi connectivity index (χ1) is 10.1. The van der Waals surface area contributed by atoms with Crippen molar-refractivity contribution in [3.05, 3.63) is 64.5 Å². The Balaban J connectivity index is 1.75. The summed E-state index contributed by atoms with van der Waals surface area (Å²) in [6, 6.07) is 10.5. The SMILES string of the molecule is Cc1ccc(F)cc1COc1ccc2c(c1)CCCC2O. The zero-order valence-corrected chi connectivity index (χ0v) is 12.1. The Morgan fingerprint density at radius 2 is 2.10 bits per heavy atom. The van der Waals surface area contributed by atoms with Gasteiger partial charge in [0.2, 0.25) is 0 Å². The third-order valence-corrected chi connectivity index (χ3v) is 4.10. The summed E-state index contributed by atoms with van der Waals surface area (Å²) in [7, 11) is 0. The van der Waals surface area contributed by atoms with Gasteiger partial charge in [0.15, 0.2) is 0 Å². The average Bonchev–Trinajstić information content (AvgIpc) is 2.48. The number of aryl methyl sites for hydroxylation is 2. The molecule has 1 N–H and O–H groups in total. The molecule has 110 valence electrons. The third kappa shape index (κ3) is 3.08. The van der Waals surface area contributed by atoms with E-state index in [-0.39, 0.29) is 11.9 Å². The zero-order valence-electron chi connectivity index (χ0n) is 12.1. The standard InChI is InChI=1S/C18H19FO2/c1-12-5-6-15(19)9-14(12)11-21-16-7-8-17-13(10-16)3-2-4-18(17)20/h5-10,18,20H,2-4,11H2,1H3. The molecule has 1 aliphatic rings. The Morgan fingerprint density at radius 3 is 2.95 bits per heavy atom. The fourth-order valence-corrected chi connectivity index (χ4v) is 2.81. The lowest BCUT2D eigenvalue weighted by molar-refractivity contribution is 0.156. The van der Waals surface area contributed by atoms with Crippen LogP contribution in [0.5, 0.6) is 5.75 Å². The van der Waals surface area contributed by atoms with Gasteiger partial charge in [0.05, 0.1) is 6.10 Å². The molecule has 3 heteroatoms. The Morgan fingerprint density at radius 1 is 1.24 bits per heavy atom. The van der Waals surface area contributed by atoms with Gasteiger partial charge >= 0.3 is 0 Å². The van der Waals surface area contributed by atoms with Crippen LogP contribution in [0.1, 0.15) is 41.2 Å². The molecule has 1 atom stereocenters. The van der Waals surface area contributed by atoms with E-state index in [1.54, 1.807) is 6.07 Å². The van der Waals surface area contributed by atoms with Crippen LogP contribution in [-0.4, -0.2) is 5.11 Å². The Bertz CT molecular complexity index is 652. The molecule has 0 aromatic heterocycles. The van der Waals surface area contributed by atoms with E-state index in [0.29, 0.717) is 6.61 Å². The van der Waals surface area contributed by atoms with Crippen molar-refractivity contribution in [3.63, 3.8) is 0 Å². The van der Waals surface area contributed by atoms with Crippen LogP contribution in [-0.2, 0) is 13.0 Å². The van der Waals surface area contributed by atoms with Crippen LogP contribution in [0.25, 0.3) is 0 Å². The Labute approximate surface area is 124 Å². The van der Waals surface area contributed by atoms with Crippen LogP contribution in [0.3, 0.4) is 0 Å². The van der Waals surface area contributed by atoms with Crippen LogP contribution in [0.15, 0.2) is 36.4 Å². The minimum absolute atomic E-state index is 0.243. The first-order valence-electron chi connectivity index (χ1n) is 7.32. The van der Waals surface area contributed by atoms with Gasteiger partial charge in [-0.15, -0.1) is 0 Å². The molecule has 2 nitrogen and oxygen atoms in total. The van der Waals surface area contributed by atoms with Crippen molar-refractivity contribution in [3.8, 4) is 5.75 Å². The van der Waals surface area contributed by atoms with E-state index in [1.807, 2.05) is 25.1 Å². The van der Waals surface area contributed by atoms with Crippen molar-refractivity contribution in [2.45, 2.75) is 38.9 Å². The second-order valence-corrected chi connectivity index (χ2v) is 5.63. The number of halogens is 1. The Kier molecular flexibility index (Phi) is 3.93. The molecule has 0 heterocycles. The first-order valence-corrected chi connectivity index (χ1v) is 7.32. The number of hydrogen-bond donors (Lipinski definition) is 1. The maximum Gasteiger partial charge on any atom is 0.123 e. The summed E-state index contributed by atoms with van der Waals surface area (Å²) in [6.45, 7) is 2.30. The lowest BCUT2D eigenvalue weighted by Gasteiger charge is -2.22. The molecular formula is C18H19FO2. The van der Waals surface area contributed by atoms with Gasteiger partial charge in [-0.3, -0.25) is 0 Å². The molecule has 0 fully saturated rings. The quantitative estimate of drug-likeness (QED) is 0.921. The molecule has 0 radical (unpaired) electrons. The van der Waals surface area contributed by atoms with Crippen LogP contribution in [0, 0.1) is 12.7 Å². The van der Waals surface area contributed by atoms with Crippen LogP contribution in [0.4, 0.5) is 4.39 Å². The summed E-state index contributed by atoms with van der Waals surface area (Å²) in [5, 5.41) is 9.94. The van der Waals surface area contributed by atoms with Crippen molar-refractivity contribution in [1.29, 1.82) is 0 Å². The molecule has 1 aliphatic carbocycles. The van der Waals surface area contributed by atoms with Crippen molar-refractivity contribution >= 4 is 0 Å². The number of hydrogen-bond acceptors (Lipinski definition) is 2. The van der Waals surface area contributed by atoms with E-state index < -0.39 is 0 Å². The van der Waals surface area contributed by atoms with E-state index in [9.17, 15) is 9.50 Å². The van der Waals surface area contributed by atoms with E-state index in [2.05, 4.69) is 0 Å². The molecule has 3 rings (SSSR count). The number of ether oxygens (including phenoxy) is 1. The van der Waals surface area contributed by atoms with Crippen LogP contribution in [0.2, 0.25) is 0 Å². The number of rotatable bonds is 3. The fraction of sp³-hybridized carbons (Fsp3) is 0.333. The van der Waals surface area contributed by atoms with E-state index in [1.165, 1.54) is 12.1 Å². The fourth-order valence-electron chi connectivity index (χ4n) is 2.81. The highest BCUT2D eigenvalue weighted by atomic mass is 19.1. The van der Waals surface area contributed by atoms with Crippen molar-refractivity contribution in [2.24, 2.45) is 0 Å². The van der Waals surface area contributed by atoms with Gasteiger partial charge in [-0.25, -0.2) is 4.39 Å². The molecule has 2 aromatic rings. The van der Waals surface area contributed by atoms with Crippen molar-refractivity contribution in [2.75, 3.05) is 0 Å². The predicted octanol–water partition coefficient (Wildman–Crippen LogP) is 4.08. The summed E-state index contributed by atoms with van der Waals surface area (Å²) in [5.41, 5.74) is 4.04. The first kappa shape index (κ1) is 14.1. The summed E-state index contributed by atoms with van der Waals surface area (Å²) < 4.78 is 19.0. The zero-order chi connectivity index (χ0) is 14.8. The monoisotopic (exact) mass is 286 g/mol. The average molecular weight is 286 g/mol. The van der Waals surface area contributed by atoms with E-state index in [4.69, 9.17) is 4.74 Å². The van der Waals surface area contributed by atoms with Gasteiger partial charge in [-0.2, -0.15) is 0 Å². The van der Waals surface area contributed by atoms with E-state index in [0.717, 1.165) is 47.3 Å². The van der Waals surface area contributed by atoms with Gasteiger partial charge < -0.3 is 9.84 Å². The maximum absolute atomic E-state index is 13.3. The highest BCUT2D eigenvalue weighted by Crippen LogP contribution is 2.32. The molecule has 2 aromatic carbocycles. The minimum atomic E-state index is -0.353. The van der Waals surface area contributed by atoms with Crippen LogP contribution < -0.4 is 4.74 Å². The second kappa shape index (κ2) is 5.86. The molecule has 0 saturated carbocycles. The predicted molar refractivity (Wildman–Crippen MR) is 79.8 cm³/mol. The number of benzene rings is 2. The molecule has 0 amide bonds. The minimum Gasteiger partial charge on any atom is -0.489 e. The van der Waals surface area contributed by atoms with Gasteiger partial charge in [0.25, 0.3) is 0 Å². The number of aliphatic hydroxyl groups excluding tert-OH is 1. The van der Waals surface area contributed by atoms with E-state index >= 15 is 0 Å². The lowest BCUT2D eigenvalue weighted by Crippen LogP contribution is -2.09. The summed E-state index contributed by atoms with van der Waals surface area (Å²) in [4.78, 5) is 0. The molecular weight excluding hydrogens is 267 g/mol. The van der Waals surface area contributed by atoms with Crippen LogP contribution >= 0.6 is 0 Å². The molecule has 1 unspecified atom stereocenters. The highest BCUT2D eigenvalue weighted by molar-refractivity contribution is 5.38. The summed E-state index contributed by atoms with van der Waals surface area (Å²) in [6.07, 6.45) is 2.45. The molecule has 21 heavy (non-hydrogen) atoms. The molecule has 0 bridgehead atoms. The van der Waals surface area contributed by atoms with Gasteiger partial charge in [0.1, 0.15) is 18.2 Å². The van der Waals surface area contributed by atoms with Crippen molar-refractivity contribution < 1.29 is 14.2 Å². The smallest absolute Gasteiger partial charge is 0.123 e. The largest absolute Gasteiger partial charge is 0.489 e. The highest BCUT2D eigenvalue weighted by Gasteiger charge is 2.18. The molecule has 0 spiro atoms. The Hall–Kier alpha value is -1.87. The molecule has 0 saturated heterocycles. The van der Waals surface area contributed by atoms with Crippen molar-refractivity contribution in [1.82, 2.24) is 0 Å². The topological polar surface area (TPSA) is 29.5 Å². The lowest BCUT2D eigenvalue weighted by atomic mass is 9.89. The summed E-state index contributed by atoms with van der Waals surface area (Å²) in [5.74, 6) is 0.527. The normalized spacial score (nSPS) is 17.4. The summed E-state index contributed by atoms with van der Waals surface area (Å²) >= 11 is 0. The van der Waals surface area contributed by atoms with Gasteiger partial charge in [-0.05, 0) is 72.7 Å².